The first kappa shape index (κ1) is 17.1. The molecule has 0 bridgehead atoms. The first-order valence-electron chi connectivity index (χ1n) is 9.65. The van der Waals surface area contributed by atoms with Gasteiger partial charge in [-0.2, -0.15) is 5.10 Å². The summed E-state index contributed by atoms with van der Waals surface area (Å²) in [5.74, 6) is 1.38. The summed E-state index contributed by atoms with van der Waals surface area (Å²) in [7, 11) is 1.69. The van der Waals surface area contributed by atoms with Crippen molar-refractivity contribution in [3.05, 3.63) is 46.6 Å². The summed E-state index contributed by atoms with van der Waals surface area (Å²) >= 11 is 0. The molecule has 0 spiro atoms. The van der Waals surface area contributed by atoms with E-state index in [-0.39, 0.29) is 17.5 Å². The topological polar surface area (TPSA) is 60.1 Å². The van der Waals surface area contributed by atoms with Gasteiger partial charge in [-0.05, 0) is 37.8 Å². The zero-order valence-corrected chi connectivity index (χ0v) is 15.3. The van der Waals surface area contributed by atoms with Gasteiger partial charge in [0.2, 0.25) is 5.91 Å². The zero-order valence-electron chi connectivity index (χ0n) is 15.3. The van der Waals surface area contributed by atoms with E-state index in [1.165, 1.54) is 17.5 Å². The van der Waals surface area contributed by atoms with Gasteiger partial charge in [-0.1, -0.05) is 31.0 Å². The van der Waals surface area contributed by atoms with E-state index in [1.807, 2.05) is 35.2 Å². The molecule has 6 nitrogen and oxygen atoms in total. The van der Waals surface area contributed by atoms with Crippen LogP contribution in [0.3, 0.4) is 0 Å². The molecule has 1 saturated heterocycles. The van der Waals surface area contributed by atoms with Gasteiger partial charge >= 0.3 is 5.69 Å². The molecular weight excluding hydrogens is 328 g/mol. The van der Waals surface area contributed by atoms with Crippen molar-refractivity contribution in [2.75, 3.05) is 13.1 Å². The summed E-state index contributed by atoms with van der Waals surface area (Å²) in [4.78, 5) is 27.5. The number of carbonyl (C=O) groups is 1. The van der Waals surface area contributed by atoms with Crippen LogP contribution in [0.1, 0.15) is 50.3 Å². The van der Waals surface area contributed by atoms with Crippen LogP contribution in [0.15, 0.2) is 35.1 Å². The van der Waals surface area contributed by atoms with Crippen molar-refractivity contribution < 1.29 is 4.79 Å². The fourth-order valence-corrected chi connectivity index (χ4v) is 4.39. The third-order valence-electron chi connectivity index (χ3n) is 5.77. The molecule has 0 radical (unpaired) electrons. The Balaban J connectivity index is 1.62. The Morgan fingerprint density at radius 3 is 2.54 bits per heavy atom. The molecule has 1 aromatic heterocycles. The maximum Gasteiger partial charge on any atom is 0.350 e. The van der Waals surface area contributed by atoms with Crippen molar-refractivity contribution >= 4 is 5.91 Å². The molecule has 6 heteroatoms. The van der Waals surface area contributed by atoms with Crippen LogP contribution in [0.25, 0.3) is 5.69 Å². The molecule has 2 aliphatic rings. The van der Waals surface area contributed by atoms with Crippen molar-refractivity contribution in [2.45, 2.75) is 44.4 Å². The summed E-state index contributed by atoms with van der Waals surface area (Å²) in [6, 6.07) is 9.64. The van der Waals surface area contributed by atoms with E-state index < -0.39 is 0 Å². The lowest BCUT2D eigenvalue weighted by Gasteiger charge is -2.34. The van der Waals surface area contributed by atoms with E-state index in [9.17, 15) is 9.59 Å². The van der Waals surface area contributed by atoms with Crippen molar-refractivity contribution in [3.8, 4) is 5.69 Å². The largest absolute Gasteiger partial charge is 0.350 e. The minimum absolute atomic E-state index is 0.100. The van der Waals surface area contributed by atoms with Crippen LogP contribution in [-0.2, 0) is 11.8 Å². The Hall–Kier alpha value is -2.37. The molecule has 1 atom stereocenters. The van der Waals surface area contributed by atoms with Gasteiger partial charge in [0.25, 0.3) is 0 Å². The standard InChI is InChI=1S/C20H26N4O2/c1-22-20(26)24(17-11-3-2-4-12-17)18(21-22)16-10-7-13-23(14-16)19(25)15-8-5-6-9-15/h2-4,11-12,15-16H,5-10,13-14H2,1H3. The lowest BCUT2D eigenvalue weighted by Crippen LogP contribution is -2.42. The van der Waals surface area contributed by atoms with Crippen LogP contribution < -0.4 is 5.69 Å². The molecule has 1 aromatic carbocycles. The van der Waals surface area contributed by atoms with Gasteiger partial charge in [0.1, 0.15) is 5.82 Å². The third kappa shape index (κ3) is 3.08. The second-order valence-electron chi connectivity index (χ2n) is 7.54. The van der Waals surface area contributed by atoms with E-state index in [4.69, 9.17) is 0 Å². The summed E-state index contributed by atoms with van der Waals surface area (Å²) in [6.07, 6.45) is 6.31. The van der Waals surface area contributed by atoms with Crippen molar-refractivity contribution in [3.63, 3.8) is 0 Å². The monoisotopic (exact) mass is 354 g/mol. The number of para-hydroxylation sites is 1. The van der Waals surface area contributed by atoms with Gasteiger partial charge in [0.05, 0.1) is 5.69 Å². The fraction of sp³-hybridized carbons (Fsp3) is 0.550. The molecule has 1 amide bonds. The number of carbonyl (C=O) groups excluding carboxylic acids is 1. The van der Waals surface area contributed by atoms with Gasteiger partial charge in [0, 0.05) is 32.0 Å². The number of amides is 1. The van der Waals surface area contributed by atoms with Crippen molar-refractivity contribution in [2.24, 2.45) is 13.0 Å². The van der Waals surface area contributed by atoms with E-state index in [2.05, 4.69) is 5.10 Å². The number of nitrogens with zero attached hydrogens (tertiary/aromatic N) is 4. The van der Waals surface area contributed by atoms with Gasteiger partial charge in [-0.3, -0.25) is 4.79 Å². The Morgan fingerprint density at radius 1 is 1.08 bits per heavy atom. The lowest BCUT2D eigenvalue weighted by atomic mass is 9.95. The molecule has 1 unspecified atom stereocenters. The third-order valence-corrected chi connectivity index (χ3v) is 5.77. The van der Waals surface area contributed by atoms with Gasteiger partial charge < -0.3 is 4.90 Å². The molecule has 1 aliphatic carbocycles. The average Bonchev–Trinajstić information content (AvgIpc) is 3.31. The van der Waals surface area contributed by atoms with Crippen molar-refractivity contribution in [1.29, 1.82) is 0 Å². The number of benzene rings is 1. The van der Waals surface area contributed by atoms with Crippen LogP contribution in [0.2, 0.25) is 0 Å². The smallest absolute Gasteiger partial charge is 0.342 e. The maximum atomic E-state index is 12.8. The molecule has 26 heavy (non-hydrogen) atoms. The quantitative estimate of drug-likeness (QED) is 0.851. The number of hydrogen-bond donors (Lipinski definition) is 0. The van der Waals surface area contributed by atoms with Crippen LogP contribution >= 0.6 is 0 Å². The van der Waals surface area contributed by atoms with Crippen LogP contribution in [0.5, 0.6) is 0 Å². The first-order valence-corrected chi connectivity index (χ1v) is 9.65. The number of aryl methyl sites for hydroxylation is 1. The molecule has 1 saturated carbocycles. The number of aromatic nitrogens is 3. The lowest BCUT2D eigenvalue weighted by molar-refractivity contribution is -0.136. The Morgan fingerprint density at radius 2 is 1.81 bits per heavy atom. The summed E-state index contributed by atoms with van der Waals surface area (Å²) in [6.45, 7) is 1.49. The average molecular weight is 354 g/mol. The van der Waals surface area contributed by atoms with E-state index in [0.29, 0.717) is 12.5 Å². The second kappa shape index (κ2) is 7.09. The normalized spacial score (nSPS) is 21.3. The highest BCUT2D eigenvalue weighted by Crippen LogP contribution is 2.31. The molecule has 2 heterocycles. The van der Waals surface area contributed by atoms with E-state index in [1.54, 1.807) is 11.6 Å². The summed E-state index contributed by atoms with van der Waals surface area (Å²) in [5, 5.41) is 4.53. The molecule has 2 aromatic rings. The number of rotatable bonds is 3. The molecule has 138 valence electrons. The molecule has 4 rings (SSSR count). The van der Waals surface area contributed by atoms with Crippen LogP contribution in [-0.4, -0.2) is 38.2 Å². The zero-order chi connectivity index (χ0) is 18.1. The van der Waals surface area contributed by atoms with Gasteiger partial charge in [-0.15, -0.1) is 0 Å². The minimum atomic E-state index is -0.134. The molecule has 2 fully saturated rings. The highest BCUT2D eigenvalue weighted by atomic mass is 16.2. The Kier molecular flexibility index (Phi) is 4.66. The minimum Gasteiger partial charge on any atom is -0.342 e. The predicted octanol–water partition coefficient (Wildman–Crippen LogP) is 2.47. The van der Waals surface area contributed by atoms with Crippen molar-refractivity contribution in [1.82, 2.24) is 19.2 Å². The van der Waals surface area contributed by atoms with E-state index >= 15 is 0 Å². The first-order chi connectivity index (χ1) is 12.6. The fourth-order valence-electron chi connectivity index (χ4n) is 4.39. The molecule has 0 N–H and O–H groups in total. The van der Waals surface area contributed by atoms with Gasteiger partial charge in [0.15, 0.2) is 0 Å². The maximum absolute atomic E-state index is 12.8. The van der Waals surface area contributed by atoms with E-state index in [0.717, 1.165) is 43.7 Å². The molecular formula is C20H26N4O2. The highest BCUT2D eigenvalue weighted by molar-refractivity contribution is 5.79. The SMILES string of the molecule is Cn1nc(C2CCCN(C(=O)C3CCCC3)C2)n(-c2ccccc2)c1=O. The highest BCUT2D eigenvalue weighted by Gasteiger charge is 2.33. The number of likely N-dealkylation sites (tertiary alicyclic amines) is 1. The number of hydrogen-bond acceptors (Lipinski definition) is 3. The predicted molar refractivity (Wildman–Crippen MR) is 99.3 cm³/mol. The summed E-state index contributed by atoms with van der Waals surface area (Å²) < 4.78 is 3.11. The second-order valence-corrected chi connectivity index (χ2v) is 7.54. The Bertz CT molecular complexity index is 833. The molecule has 1 aliphatic heterocycles. The summed E-state index contributed by atoms with van der Waals surface area (Å²) in [5.41, 5.74) is 0.699. The van der Waals surface area contributed by atoms with Gasteiger partial charge in [-0.25, -0.2) is 14.0 Å². The van der Waals surface area contributed by atoms with Crippen LogP contribution in [0.4, 0.5) is 0 Å². The Labute approximate surface area is 153 Å². The number of piperidine rings is 1. The van der Waals surface area contributed by atoms with Crippen LogP contribution in [0, 0.1) is 5.92 Å².